The fourth-order valence-corrected chi connectivity index (χ4v) is 2.27. The van der Waals surface area contributed by atoms with E-state index in [0.717, 1.165) is 5.56 Å². The zero-order chi connectivity index (χ0) is 17.7. The fourth-order valence-electron chi connectivity index (χ4n) is 2.04. The normalized spacial score (nSPS) is 10.1. The van der Waals surface area contributed by atoms with Crippen LogP contribution >= 0.6 is 11.6 Å². The maximum Gasteiger partial charge on any atom is 0.255 e. The highest BCUT2D eigenvalue weighted by Gasteiger charge is 2.13. The van der Waals surface area contributed by atoms with E-state index < -0.39 is 5.91 Å². The van der Waals surface area contributed by atoms with Crippen LogP contribution in [0.15, 0.2) is 36.4 Å². The van der Waals surface area contributed by atoms with Gasteiger partial charge in [-0.2, -0.15) is 0 Å². The molecular formula is C17H17ClN2O4. The number of anilines is 1. The van der Waals surface area contributed by atoms with E-state index in [1.54, 1.807) is 30.3 Å². The van der Waals surface area contributed by atoms with Gasteiger partial charge in [-0.25, -0.2) is 0 Å². The molecular weight excluding hydrogens is 332 g/mol. The Hall–Kier alpha value is -2.73. The van der Waals surface area contributed by atoms with E-state index in [-0.39, 0.29) is 12.5 Å². The number of ether oxygens (including phenoxy) is 2. The maximum absolute atomic E-state index is 12.4. The summed E-state index contributed by atoms with van der Waals surface area (Å²) in [6, 6.07) is 9.84. The molecule has 0 radical (unpaired) electrons. The van der Waals surface area contributed by atoms with Gasteiger partial charge in [-0.3, -0.25) is 9.59 Å². The van der Waals surface area contributed by atoms with Crippen molar-refractivity contribution in [3.63, 3.8) is 0 Å². The Labute approximate surface area is 144 Å². The molecule has 0 heterocycles. The van der Waals surface area contributed by atoms with Crippen LogP contribution in [0.2, 0.25) is 5.02 Å². The number of rotatable bonds is 6. The van der Waals surface area contributed by atoms with Gasteiger partial charge in [-0.05, 0) is 48.9 Å². The van der Waals surface area contributed by atoms with E-state index in [2.05, 4.69) is 5.32 Å². The summed E-state index contributed by atoms with van der Waals surface area (Å²) in [5.41, 5.74) is 6.94. The molecule has 0 bridgehead atoms. The van der Waals surface area contributed by atoms with E-state index >= 15 is 0 Å². The maximum atomic E-state index is 12.4. The predicted molar refractivity (Wildman–Crippen MR) is 91.8 cm³/mol. The second-order valence-corrected chi connectivity index (χ2v) is 5.47. The van der Waals surface area contributed by atoms with Crippen molar-refractivity contribution in [3.8, 4) is 11.5 Å². The van der Waals surface area contributed by atoms with Gasteiger partial charge in [0, 0.05) is 16.3 Å². The number of hydrogen-bond donors (Lipinski definition) is 2. The average Bonchev–Trinajstić information content (AvgIpc) is 2.55. The van der Waals surface area contributed by atoms with E-state index in [9.17, 15) is 9.59 Å². The minimum absolute atomic E-state index is 0.272. The number of nitrogens with two attached hydrogens (primary N) is 1. The molecule has 0 fully saturated rings. The minimum Gasteiger partial charge on any atom is -0.493 e. The Morgan fingerprint density at radius 1 is 1.17 bits per heavy atom. The first-order valence-electron chi connectivity index (χ1n) is 7.07. The summed E-state index contributed by atoms with van der Waals surface area (Å²) in [4.78, 5) is 23.2. The zero-order valence-corrected chi connectivity index (χ0v) is 14.0. The van der Waals surface area contributed by atoms with Crippen LogP contribution in [-0.2, 0) is 4.79 Å². The number of nitrogens with one attached hydrogen (secondary N) is 1. The SMILES string of the molecule is COc1cc(C(=O)Nc2ccc(Cl)cc2C)ccc1OCC(N)=O. The van der Waals surface area contributed by atoms with E-state index in [1.165, 1.54) is 13.2 Å². The van der Waals surface area contributed by atoms with Gasteiger partial charge < -0.3 is 20.5 Å². The summed E-state index contributed by atoms with van der Waals surface area (Å²) in [6.07, 6.45) is 0. The number of primary amides is 1. The van der Waals surface area contributed by atoms with Crippen LogP contribution in [0.3, 0.4) is 0 Å². The van der Waals surface area contributed by atoms with Gasteiger partial charge in [0.15, 0.2) is 18.1 Å². The Morgan fingerprint density at radius 3 is 2.54 bits per heavy atom. The van der Waals surface area contributed by atoms with Gasteiger partial charge in [0.25, 0.3) is 11.8 Å². The lowest BCUT2D eigenvalue weighted by molar-refractivity contribution is -0.119. The number of benzene rings is 2. The van der Waals surface area contributed by atoms with Gasteiger partial charge >= 0.3 is 0 Å². The van der Waals surface area contributed by atoms with E-state index in [4.69, 9.17) is 26.8 Å². The third-order valence-corrected chi connectivity index (χ3v) is 3.47. The van der Waals surface area contributed by atoms with Gasteiger partial charge in [0.2, 0.25) is 0 Å². The number of carbonyl (C=O) groups excluding carboxylic acids is 2. The average molecular weight is 349 g/mol. The largest absolute Gasteiger partial charge is 0.493 e. The highest BCUT2D eigenvalue weighted by Crippen LogP contribution is 2.28. The first-order chi connectivity index (χ1) is 11.4. The molecule has 0 saturated carbocycles. The molecule has 6 nitrogen and oxygen atoms in total. The van der Waals surface area contributed by atoms with Crippen LogP contribution < -0.4 is 20.5 Å². The second-order valence-electron chi connectivity index (χ2n) is 5.03. The number of amides is 2. The highest BCUT2D eigenvalue weighted by molar-refractivity contribution is 6.30. The van der Waals surface area contributed by atoms with Crippen LogP contribution in [0.25, 0.3) is 0 Å². The number of aryl methyl sites for hydroxylation is 1. The quantitative estimate of drug-likeness (QED) is 0.839. The molecule has 0 aromatic heterocycles. The second kappa shape index (κ2) is 7.70. The summed E-state index contributed by atoms with van der Waals surface area (Å²) >= 11 is 5.90. The van der Waals surface area contributed by atoms with Crippen LogP contribution in [-0.4, -0.2) is 25.5 Å². The molecule has 126 valence electrons. The molecule has 0 unspecified atom stereocenters. The first kappa shape index (κ1) is 17.6. The van der Waals surface area contributed by atoms with Crippen LogP contribution in [0.1, 0.15) is 15.9 Å². The van der Waals surface area contributed by atoms with Crippen LogP contribution in [0, 0.1) is 6.92 Å². The Kier molecular flexibility index (Phi) is 5.65. The minimum atomic E-state index is -0.600. The Bertz CT molecular complexity index is 777. The Morgan fingerprint density at radius 2 is 1.92 bits per heavy atom. The summed E-state index contributed by atoms with van der Waals surface area (Å²) < 4.78 is 10.4. The molecule has 2 aromatic rings. The number of halogens is 1. The molecule has 0 aliphatic heterocycles. The molecule has 7 heteroatoms. The summed E-state index contributed by atoms with van der Waals surface area (Å²) in [7, 11) is 1.44. The van der Waals surface area contributed by atoms with E-state index in [1.807, 2.05) is 6.92 Å². The van der Waals surface area contributed by atoms with Crippen molar-refractivity contribution >= 4 is 29.1 Å². The monoisotopic (exact) mass is 348 g/mol. The fraction of sp³-hybridized carbons (Fsp3) is 0.176. The topological polar surface area (TPSA) is 90.7 Å². The summed E-state index contributed by atoms with van der Waals surface area (Å²) in [6.45, 7) is 1.58. The van der Waals surface area contributed by atoms with Gasteiger partial charge in [-0.1, -0.05) is 11.6 Å². The molecule has 24 heavy (non-hydrogen) atoms. The zero-order valence-electron chi connectivity index (χ0n) is 13.3. The summed E-state index contributed by atoms with van der Waals surface area (Å²) in [5.74, 6) is -0.246. The van der Waals surface area contributed by atoms with Crippen LogP contribution in [0.4, 0.5) is 5.69 Å². The standard InChI is InChI=1S/C17H17ClN2O4/c1-10-7-12(18)4-5-13(10)20-17(22)11-3-6-14(15(8-11)23-2)24-9-16(19)21/h3-8H,9H2,1-2H3,(H2,19,21)(H,20,22). The van der Waals surface area contributed by atoms with Crippen molar-refractivity contribution in [3.05, 3.63) is 52.5 Å². The van der Waals surface area contributed by atoms with Crippen molar-refractivity contribution in [2.45, 2.75) is 6.92 Å². The van der Waals surface area contributed by atoms with Crippen molar-refractivity contribution in [1.29, 1.82) is 0 Å². The third-order valence-electron chi connectivity index (χ3n) is 3.23. The molecule has 2 amide bonds. The first-order valence-corrected chi connectivity index (χ1v) is 7.45. The highest BCUT2D eigenvalue weighted by atomic mass is 35.5. The van der Waals surface area contributed by atoms with Gasteiger partial charge in [-0.15, -0.1) is 0 Å². The molecule has 0 atom stereocenters. The van der Waals surface area contributed by atoms with Gasteiger partial charge in [0.1, 0.15) is 0 Å². The molecule has 2 aromatic carbocycles. The van der Waals surface area contributed by atoms with Crippen molar-refractivity contribution in [1.82, 2.24) is 0 Å². The summed E-state index contributed by atoms with van der Waals surface area (Å²) in [5, 5.41) is 3.41. The molecule has 0 spiro atoms. The smallest absolute Gasteiger partial charge is 0.255 e. The number of carbonyl (C=O) groups is 2. The van der Waals surface area contributed by atoms with Gasteiger partial charge in [0.05, 0.1) is 7.11 Å². The molecule has 0 aliphatic rings. The van der Waals surface area contributed by atoms with Crippen molar-refractivity contribution in [2.75, 3.05) is 19.0 Å². The lowest BCUT2D eigenvalue weighted by atomic mass is 10.1. The van der Waals surface area contributed by atoms with Crippen molar-refractivity contribution < 1.29 is 19.1 Å². The van der Waals surface area contributed by atoms with Crippen molar-refractivity contribution in [2.24, 2.45) is 5.73 Å². The third kappa shape index (κ3) is 4.39. The number of hydrogen-bond acceptors (Lipinski definition) is 4. The lowest BCUT2D eigenvalue weighted by Crippen LogP contribution is -2.20. The van der Waals surface area contributed by atoms with Crippen LogP contribution in [0.5, 0.6) is 11.5 Å². The number of methoxy groups -OCH3 is 1. The lowest BCUT2D eigenvalue weighted by Gasteiger charge is -2.12. The molecule has 0 saturated heterocycles. The Balaban J connectivity index is 2.18. The van der Waals surface area contributed by atoms with E-state index in [0.29, 0.717) is 27.8 Å². The molecule has 0 aliphatic carbocycles. The predicted octanol–water partition coefficient (Wildman–Crippen LogP) is 2.77. The molecule has 2 rings (SSSR count). The molecule has 3 N–H and O–H groups in total.